The van der Waals surface area contributed by atoms with Gasteiger partial charge in [0, 0.05) is 17.9 Å². The van der Waals surface area contributed by atoms with Crippen molar-refractivity contribution < 1.29 is 13.9 Å². The monoisotopic (exact) mass is 310 g/mol. The fraction of sp³-hybridized carbons (Fsp3) is 0.467. The minimum absolute atomic E-state index is 0.476. The third-order valence-electron chi connectivity index (χ3n) is 2.78. The van der Waals surface area contributed by atoms with E-state index in [1.54, 1.807) is 0 Å². The van der Waals surface area contributed by atoms with E-state index in [0.29, 0.717) is 48.8 Å². The van der Waals surface area contributed by atoms with Gasteiger partial charge in [-0.15, -0.1) is 21.8 Å². The summed E-state index contributed by atoms with van der Waals surface area (Å²) in [5.41, 5.74) is 0.812. The maximum atomic E-state index is 5.66. The fourth-order valence-corrected chi connectivity index (χ4v) is 2.01. The number of nitrogens with zero attached hydrogens (tertiary/aromatic N) is 2. The summed E-state index contributed by atoms with van der Waals surface area (Å²) in [6.07, 6.45) is 1.50. The SMILES string of the molecule is CCOc1ccc(-c2nnc(CCCCl)o2)cc1OCC. The Hall–Kier alpha value is -1.75. The molecule has 0 bridgehead atoms. The first-order valence-electron chi connectivity index (χ1n) is 7.06. The lowest BCUT2D eigenvalue weighted by molar-refractivity contribution is 0.288. The summed E-state index contributed by atoms with van der Waals surface area (Å²) in [6.45, 7) is 5.01. The predicted octanol–water partition coefficient (Wildman–Crippen LogP) is 3.71. The van der Waals surface area contributed by atoms with Gasteiger partial charge in [0.2, 0.25) is 11.8 Å². The lowest BCUT2D eigenvalue weighted by Gasteiger charge is -2.11. The average Bonchev–Trinajstić information content (AvgIpc) is 2.96. The van der Waals surface area contributed by atoms with Crippen LogP contribution in [0.15, 0.2) is 22.6 Å². The van der Waals surface area contributed by atoms with Crippen molar-refractivity contribution in [1.82, 2.24) is 10.2 Å². The molecule has 1 aromatic heterocycles. The molecule has 0 N–H and O–H groups in total. The maximum absolute atomic E-state index is 5.66. The van der Waals surface area contributed by atoms with Crippen LogP contribution in [-0.2, 0) is 6.42 Å². The molecule has 6 heteroatoms. The van der Waals surface area contributed by atoms with E-state index in [1.807, 2.05) is 32.0 Å². The highest BCUT2D eigenvalue weighted by molar-refractivity contribution is 6.17. The van der Waals surface area contributed by atoms with Gasteiger partial charge in [0.25, 0.3) is 0 Å². The Labute approximate surface area is 129 Å². The van der Waals surface area contributed by atoms with Crippen LogP contribution in [0.25, 0.3) is 11.5 Å². The van der Waals surface area contributed by atoms with Crippen molar-refractivity contribution in [2.24, 2.45) is 0 Å². The second-order valence-electron chi connectivity index (χ2n) is 4.32. The third-order valence-corrected chi connectivity index (χ3v) is 3.05. The van der Waals surface area contributed by atoms with Crippen LogP contribution in [0, 0.1) is 0 Å². The molecule has 0 aliphatic heterocycles. The first-order chi connectivity index (χ1) is 10.3. The van der Waals surface area contributed by atoms with E-state index in [4.69, 9.17) is 25.5 Å². The molecule has 0 radical (unpaired) electrons. The van der Waals surface area contributed by atoms with E-state index in [-0.39, 0.29) is 0 Å². The molecular formula is C15H19ClN2O3. The molecule has 0 aliphatic carbocycles. The van der Waals surface area contributed by atoms with Crippen molar-refractivity contribution in [1.29, 1.82) is 0 Å². The lowest BCUT2D eigenvalue weighted by Crippen LogP contribution is -1.98. The van der Waals surface area contributed by atoms with Crippen molar-refractivity contribution in [3.63, 3.8) is 0 Å². The van der Waals surface area contributed by atoms with Gasteiger partial charge in [-0.3, -0.25) is 0 Å². The first-order valence-corrected chi connectivity index (χ1v) is 7.60. The van der Waals surface area contributed by atoms with Crippen LogP contribution in [0.1, 0.15) is 26.2 Å². The molecule has 114 valence electrons. The summed E-state index contributed by atoms with van der Waals surface area (Å²) < 4.78 is 16.8. The van der Waals surface area contributed by atoms with Crippen LogP contribution in [-0.4, -0.2) is 29.3 Å². The summed E-state index contributed by atoms with van der Waals surface area (Å²) in [7, 11) is 0. The van der Waals surface area contributed by atoms with E-state index < -0.39 is 0 Å². The molecule has 1 heterocycles. The van der Waals surface area contributed by atoms with E-state index in [2.05, 4.69) is 10.2 Å². The summed E-state index contributed by atoms with van der Waals surface area (Å²) in [5.74, 6) is 3.04. The molecule has 1 aromatic carbocycles. The highest BCUT2D eigenvalue weighted by atomic mass is 35.5. The summed E-state index contributed by atoms with van der Waals surface area (Å²) in [5, 5.41) is 8.08. The smallest absolute Gasteiger partial charge is 0.247 e. The standard InChI is InChI=1S/C15H19ClN2O3/c1-3-19-12-8-7-11(10-13(12)20-4-2)15-18-17-14(21-15)6-5-9-16/h7-8,10H,3-6,9H2,1-2H3. The summed E-state index contributed by atoms with van der Waals surface area (Å²) in [6, 6.07) is 5.59. The first kappa shape index (κ1) is 15.6. The maximum Gasteiger partial charge on any atom is 0.247 e. The van der Waals surface area contributed by atoms with Crippen LogP contribution in [0.2, 0.25) is 0 Å². The molecule has 2 aromatic rings. The quantitative estimate of drug-likeness (QED) is 0.696. The Balaban J connectivity index is 2.22. The molecule has 0 spiro atoms. The molecule has 0 fully saturated rings. The molecule has 0 atom stereocenters. The number of benzene rings is 1. The van der Waals surface area contributed by atoms with Gasteiger partial charge in [0.05, 0.1) is 13.2 Å². The minimum atomic E-state index is 0.476. The second-order valence-corrected chi connectivity index (χ2v) is 4.70. The van der Waals surface area contributed by atoms with Gasteiger partial charge in [-0.2, -0.15) is 0 Å². The number of ether oxygens (including phenoxy) is 2. The van der Waals surface area contributed by atoms with Gasteiger partial charge in [-0.25, -0.2) is 0 Å². The number of halogens is 1. The predicted molar refractivity (Wildman–Crippen MR) is 81.1 cm³/mol. The topological polar surface area (TPSA) is 57.4 Å². The van der Waals surface area contributed by atoms with Gasteiger partial charge in [0.1, 0.15) is 0 Å². The van der Waals surface area contributed by atoms with Crippen molar-refractivity contribution in [2.45, 2.75) is 26.7 Å². The molecular weight excluding hydrogens is 292 g/mol. The zero-order valence-corrected chi connectivity index (χ0v) is 13.0. The summed E-state index contributed by atoms with van der Waals surface area (Å²) >= 11 is 5.66. The van der Waals surface area contributed by atoms with Gasteiger partial charge < -0.3 is 13.9 Å². The third kappa shape index (κ3) is 4.11. The molecule has 2 rings (SSSR count). The number of alkyl halides is 1. The van der Waals surface area contributed by atoms with Gasteiger partial charge >= 0.3 is 0 Å². The van der Waals surface area contributed by atoms with Crippen LogP contribution in [0.3, 0.4) is 0 Å². The number of hydrogen-bond donors (Lipinski definition) is 0. The van der Waals surface area contributed by atoms with Crippen molar-refractivity contribution in [3.05, 3.63) is 24.1 Å². The number of aromatic nitrogens is 2. The normalized spacial score (nSPS) is 10.6. The largest absolute Gasteiger partial charge is 0.490 e. The zero-order valence-electron chi connectivity index (χ0n) is 12.3. The molecule has 21 heavy (non-hydrogen) atoms. The van der Waals surface area contributed by atoms with Crippen molar-refractivity contribution in [2.75, 3.05) is 19.1 Å². The molecule has 0 amide bonds. The summed E-state index contributed by atoms with van der Waals surface area (Å²) in [4.78, 5) is 0. The molecule has 5 nitrogen and oxygen atoms in total. The van der Waals surface area contributed by atoms with E-state index >= 15 is 0 Å². The second kappa shape index (κ2) is 7.88. The Morgan fingerprint density at radius 1 is 1.10 bits per heavy atom. The van der Waals surface area contributed by atoms with Crippen LogP contribution in [0.4, 0.5) is 0 Å². The molecule has 0 unspecified atom stereocenters. The van der Waals surface area contributed by atoms with E-state index in [9.17, 15) is 0 Å². The fourth-order valence-electron chi connectivity index (χ4n) is 1.87. The molecule has 0 aliphatic rings. The number of aryl methyl sites for hydroxylation is 1. The Morgan fingerprint density at radius 3 is 2.57 bits per heavy atom. The number of rotatable bonds is 8. The Kier molecular flexibility index (Phi) is 5.87. The van der Waals surface area contributed by atoms with Gasteiger partial charge in [-0.1, -0.05) is 0 Å². The van der Waals surface area contributed by atoms with Gasteiger partial charge in [-0.05, 0) is 38.5 Å². The van der Waals surface area contributed by atoms with Crippen molar-refractivity contribution >= 4 is 11.6 Å². The Bertz CT molecular complexity index is 572. The van der Waals surface area contributed by atoms with Crippen molar-refractivity contribution in [3.8, 4) is 23.0 Å². The van der Waals surface area contributed by atoms with E-state index in [0.717, 1.165) is 12.0 Å². The van der Waals surface area contributed by atoms with E-state index in [1.165, 1.54) is 0 Å². The molecule has 0 saturated heterocycles. The zero-order chi connectivity index (χ0) is 15.1. The highest BCUT2D eigenvalue weighted by Gasteiger charge is 2.12. The average molecular weight is 311 g/mol. The van der Waals surface area contributed by atoms with Crippen LogP contribution >= 0.6 is 11.6 Å². The molecule has 0 saturated carbocycles. The minimum Gasteiger partial charge on any atom is -0.490 e. The lowest BCUT2D eigenvalue weighted by atomic mass is 10.2. The number of hydrogen-bond acceptors (Lipinski definition) is 5. The highest BCUT2D eigenvalue weighted by Crippen LogP contribution is 2.32. The van der Waals surface area contributed by atoms with Crippen LogP contribution in [0.5, 0.6) is 11.5 Å². The van der Waals surface area contributed by atoms with Crippen LogP contribution < -0.4 is 9.47 Å². The van der Waals surface area contributed by atoms with Gasteiger partial charge in [0.15, 0.2) is 11.5 Å². The Morgan fingerprint density at radius 2 is 1.86 bits per heavy atom.